The summed E-state index contributed by atoms with van der Waals surface area (Å²) in [6.07, 6.45) is -3.39. The summed E-state index contributed by atoms with van der Waals surface area (Å²) in [7, 11) is 0. The van der Waals surface area contributed by atoms with Gasteiger partial charge in [-0.1, -0.05) is 24.3 Å². The van der Waals surface area contributed by atoms with Gasteiger partial charge in [0.25, 0.3) is 5.91 Å². The molecule has 0 saturated heterocycles. The number of fused-ring (bicyclic) bond motifs is 1. The second kappa shape index (κ2) is 7.41. The number of nitrogens with one attached hydrogen (secondary N) is 1. The molecule has 0 radical (unpaired) electrons. The van der Waals surface area contributed by atoms with E-state index in [-0.39, 0.29) is 5.57 Å². The fourth-order valence-electron chi connectivity index (χ4n) is 2.54. The molecule has 0 saturated carbocycles. The van der Waals surface area contributed by atoms with Crippen LogP contribution in [-0.2, 0) is 11.0 Å². The summed E-state index contributed by atoms with van der Waals surface area (Å²) in [5.74, 6) is -0.112. The van der Waals surface area contributed by atoms with E-state index in [1.54, 1.807) is 24.3 Å². The zero-order valence-corrected chi connectivity index (χ0v) is 13.8. The lowest BCUT2D eigenvalue weighted by molar-refractivity contribution is -0.137. The molecule has 138 valence electrons. The predicted octanol–water partition coefficient (Wildman–Crippen LogP) is 4.02. The molecule has 1 amide bonds. The first-order chi connectivity index (χ1) is 12.9. The molecule has 1 heterocycles. The number of nitrogens with zero attached hydrogens (tertiary/aromatic N) is 1. The lowest BCUT2D eigenvalue weighted by Gasteiger charge is -2.20. The van der Waals surface area contributed by atoms with E-state index in [2.05, 4.69) is 5.32 Å². The van der Waals surface area contributed by atoms with Crippen molar-refractivity contribution in [2.45, 2.75) is 6.18 Å². The van der Waals surface area contributed by atoms with Gasteiger partial charge in [0.1, 0.15) is 24.9 Å². The van der Waals surface area contributed by atoms with Gasteiger partial charge in [0, 0.05) is 5.56 Å². The third-order valence-corrected chi connectivity index (χ3v) is 3.74. The van der Waals surface area contributed by atoms with Gasteiger partial charge in [-0.05, 0) is 24.3 Å². The van der Waals surface area contributed by atoms with Crippen molar-refractivity contribution in [1.82, 2.24) is 0 Å². The Morgan fingerprint density at radius 1 is 1.11 bits per heavy atom. The largest absolute Gasteiger partial charge is 0.486 e. The minimum Gasteiger partial charge on any atom is -0.486 e. The second-order valence-electron chi connectivity index (χ2n) is 5.54. The molecule has 27 heavy (non-hydrogen) atoms. The van der Waals surface area contributed by atoms with Gasteiger partial charge >= 0.3 is 6.18 Å². The minimum absolute atomic E-state index is 0.310. The number of benzene rings is 2. The Labute approximate surface area is 152 Å². The van der Waals surface area contributed by atoms with Crippen LogP contribution < -0.4 is 14.8 Å². The van der Waals surface area contributed by atoms with Gasteiger partial charge < -0.3 is 14.8 Å². The summed E-state index contributed by atoms with van der Waals surface area (Å²) < 4.78 is 50.1. The molecule has 0 aromatic heterocycles. The van der Waals surface area contributed by atoms with Gasteiger partial charge in [-0.2, -0.15) is 18.4 Å². The smallest absolute Gasteiger partial charge is 0.418 e. The highest BCUT2D eigenvalue weighted by Gasteiger charge is 2.33. The van der Waals surface area contributed by atoms with Gasteiger partial charge in [0.05, 0.1) is 11.3 Å². The van der Waals surface area contributed by atoms with Crippen molar-refractivity contribution in [3.8, 4) is 17.6 Å². The summed E-state index contributed by atoms with van der Waals surface area (Å²) in [4.78, 5) is 12.4. The van der Waals surface area contributed by atoms with Crippen LogP contribution in [0.4, 0.5) is 18.9 Å². The molecule has 2 aromatic rings. The maximum atomic E-state index is 13.1. The fourth-order valence-corrected chi connectivity index (χ4v) is 2.54. The number of nitriles is 1. The summed E-state index contributed by atoms with van der Waals surface area (Å²) in [6.45, 7) is 0.685. The van der Waals surface area contributed by atoms with E-state index in [1.165, 1.54) is 18.2 Å². The van der Waals surface area contributed by atoms with Gasteiger partial charge in [0.2, 0.25) is 0 Å². The van der Waals surface area contributed by atoms with Crippen molar-refractivity contribution in [1.29, 1.82) is 5.26 Å². The first-order valence-electron chi connectivity index (χ1n) is 7.88. The Morgan fingerprint density at radius 2 is 1.85 bits per heavy atom. The summed E-state index contributed by atoms with van der Waals surface area (Å²) in [6, 6.07) is 11.2. The van der Waals surface area contributed by atoms with E-state index >= 15 is 0 Å². The lowest BCUT2D eigenvalue weighted by Crippen LogP contribution is -2.18. The molecule has 1 aliphatic rings. The number of carbonyl (C=O) groups is 1. The molecule has 0 atom stereocenters. The third-order valence-electron chi connectivity index (χ3n) is 3.74. The van der Waals surface area contributed by atoms with Crippen LogP contribution in [0.2, 0.25) is 0 Å². The molecule has 5 nitrogen and oxygen atoms in total. The summed E-state index contributed by atoms with van der Waals surface area (Å²) in [5.41, 5.74) is -1.37. The first-order valence-corrected chi connectivity index (χ1v) is 7.88. The van der Waals surface area contributed by atoms with Crippen LogP contribution in [-0.4, -0.2) is 19.1 Å². The van der Waals surface area contributed by atoms with E-state index in [1.807, 2.05) is 0 Å². The lowest BCUT2D eigenvalue weighted by atomic mass is 10.1. The molecule has 0 unspecified atom stereocenters. The summed E-state index contributed by atoms with van der Waals surface area (Å²) >= 11 is 0. The predicted molar refractivity (Wildman–Crippen MR) is 91.1 cm³/mol. The molecular weight excluding hydrogens is 361 g/mol. The van der Waals surface area contributed by atoms with E-state index < -0.39 is 23.3 Å². The number of hydrogen-bond donors (Lipinski definition) is 1. The van der Waals surface area contributed by atoms with E-state index in [9.17, 15) is 23.2 Å². The Balaban J connectivity index is 1.91. The van der Waals surface area contributed by atoms with Crippen LogP contribution in [0.25, 0.3) is 6.08 Å². The maximum Gasteiger partial charge on any atom is 0.418 e. The number of halogens is 3. The number of hydrogen-bond acceptors (Lipinski definition) is 4. The van der Waals surface area contributed by atoms with Gasteiger partial charge in [-0.3, -0.25) is 4.79 Å². The highest BCUT2D eigenvalue weighted by molar-refractivity contribution is 6.10. The van der Waals surface area contributed by atoms with Crippen molar-refractivity contribution < 1.29 is 27.4 Å². The molecule has 1 N–H and O–H groups in total. The van der Waals surface area contributed by atoms with Gasteiger partial charge in [0.15, 0.2) is 11.5 Å². The number of alkyl halides is 3. The van der Waals surface area contributed by atoms with Gasteiger partial charge in [-0.25, -0.2) is 0 Å². The molecule has 3 rings (SSSR count). The van der Waals surface area contributed by atoms with Crippen LogP contribution in [0.3, 0.4) is 0 Å². The van der Waals surface area contributed by atoms with Crippen molar-refractivity contribution in [3.63, 3.8) is 0 Å². The van der Waals surface area contributed by atoms with Crippen molar-refractivity contribution in [3.05, 3.63) is 59.2 Å². The average molecular weight is 374 g/mol. The summed E-state index contributed by atoms with van der Waals surface area (Å²) in [5, 5.41) is 11.4. The molecule has 0 fully saturated rings. The Bertz CT molecular complexity index is 946. The van der Waals surface area contributed by atoms with Crippen LogP contribution in [0.1, 0.15) is 11.1 Å². The van der Waals surface area contributed by atoms with Crippen molar-refractivity contribution in [2.24, 2.45) is 0 Å². The minimum atomic E-state index is -4.63. The Hall–Kier alpha value is -3.47. The normalized spacial score (nSPS) is 13.6. The highest BCUT2D eigenvalue weighted by Crippen LogP contribution is 2.36. The molecule has 0 aliphatic carbocycles. The van der Waals surface area contributed by atoms with Crippen molar-refractivity contribution in [2.75, 3.05) is 18.5 Å². The Morgan fingerprint density at radius 3 is 2.59 bits per heavy atom. The maximum absolute atomic E-state index is 13.1. The second-order valence-corrected chi connectivity index (χ2v) is 5.54. The molecule has 2 aromatic carbocycles. The zero-order chi connectivity index (χ0) is 19.4. The number of amides is 1. The molecular formula is C19H13F3N2O3. The van der Waals surface area contributed by atoms with Crippen LogP contribution in [0, 0.1) is 11.3 Å². The standard InChI is InChI=1S/C19H13F3N2O3/c20-19(21,22)14-5-1-2-6-15(14)24-18(25)13(11-23)10-12-4-3-7-16-17(12)27-9-8-26-16/h1-7,10H,8-9H2,(H,24,25)/b13-10+. The number of para-hydroxylation sites is 2. The van der Waals surface area contributed by atoms with E-state index in [0.717, 1.165) is 12.1 Å². The molecule has 0 spiro atoms. The highest BCUT2D eigenvalue weighted by atomic mass is 19.4. The number of anilines is 1. The number of rotatable bonds is 3. The zero-order valence-electron chi connectivity index (χ0n) is 13.8. The van der Waals surface area contributed by atoms with E-state index in [4.69, 9.17) is 9.47 Å². The average Bonchev–Trinajstić information content (AvgIpc) is 2.65. The molecule has 8 heteroatoms. The number of carbonyl (C=O) groups excluding carboxylic acids is 1. The fraction of sp³-hybridized carbons (Fsp3) is 0.158. The first kappa shape index (κ1) is 18.3. The molecule has 0 bridgehead atoms. The third kappa shape index (κ3) is 4.03. The Kier molecular flexibility index (Phi) is 5.03. The van der Waals surface area contributed by atoms with Crippen LogP contribution in [0.15, 0.2) is 48.0 Å². The SMILES string of the molecule is N#C/C(=C\c1cccc2c1OCCO2)C(=O)Nc1ccccc1C(F)(F)F. The monoisotopic (exact) mass is 374 g/mol. The van der Waals surface area contributed by atoms with E-state index in [0.29, 0.717) is 30.3 Å². The van der Waals surface area contributed by atoms with Crippen LogP contribution >= 0.6 is 0 Å². The van der Waals surface area contributed by atoms with Crippen molar-refractivity contribution >= 4 is 17.7 Å². The van der Waals surface area contributed by atoms with Gasteiger partial charge in [-0.15, -0.1) is 0 Å². The number of ether oxygens (including phenoxy) is 2. The van der Waals surface area contributed by atoms with Crippen LogP contribution in [0.5, 0.6) is 11.5 Å². The quantitative estimate of drug-likeness (QED) is 0.651. The topological polar surface area (TPSA) is 71.3 Å². The molecule has 1 aliphatic heterocycles.